The SMILES string of the molecule is Cc1cc(Sc2ncnn2C)ccc1C(=O)O. The summed E-state index contributed by atoms with van der Waals surface area (Å²) in [5.74, 6) is -0.905. The van der Waals surface area contributed by atoms with Gasteiger partial charge < -0.3 is 5.11 Å². The van der Waals surface area contributed by atoms with Crippen molar-refractivity contribution in [2.24, 2.45) is 7.05 Å². The topological polar surface area (TPSA) is 68.0 Å². The first-order valence-corrected chi connectivity index (χ1v) is 5.75. The van der Waals surface area contributed by atoms with Crippen LogP contribution in [-0.4, -0.2) is 25.8 Å². The molecule has 17 heavy (non-hydrogen) atoms. The molecule has 0 aliphatic heterocycles. The van der Waals surface area contributed by atoms with E-state index in [9.17, 15) is 4.79 Å². The van der Waals surface area contributed by atoms with Gasteiger partial charge in [0.2, 0.25) is 0 Å². The van der Waals surface area contributed by atoms with Crippen LogP contribution in [0.15, 0.2) is 34.6 Å². The van der Waals surface area contributed by atoms with Gasteiger partial charge in [0.15, 0.2) is 5.16 Å². The summed E-state index contributed by atoms with van der Waals surface area (Å²) in [5, 5.41) is 13.7. The number of hydrogen-bond donors (Lipinski definition) is 1. The Hall–Kier alpha value is -1.82. The maximum absolute atomic E-state index is 10.9. The molecule has 1 heterocycles. The molecule has 0 atom stereocenters. The van der Waals surface area contributed by atoms with Crippen molar-refractivity contribution in [1.29, 1.82) is 0 Å². The zero-order chi connectivity index (χ0) is 12.4. The highest BCUT2D eigenvalue weighted by atomic mass is 32.2. The molecule has 0 saturated carbocycles. The molecule has 0 unspecified atom stereocenters. The largest absolute Gasteiger partial charge is 0.478 e. The van der Waals surface area contributed by atoms with Gasteiger partial charge in [0.05, 0.1) is 5.56 Å². The van der Waals surface area contributed by atoms with Crippen LogP contribution in [0, 0.1) is 6.92 Å². The number of hydrogen-bond acceptors (Lipinski definition) is 4. The number of aryl methyl sites for hydroxylation is 2. The van der Waals surface area contributed by atoms with Crippen LogP contribution < -0.4 is 0 Å². The maximum Gasteiger partial charge on any atom is 0.335 e. The van der Waals surface area contributed by atoms with Crippen molar-refractivity contribution in [3.05, 3.63) is 35.7 Å². The number of benzene rings is 1. The minimum atomic E-state index is -0.905. The standard InChI is InChI=1S/C11H11N3O2S/c1-7-5-8(3-4-9(7)10(15)16)17-11-12-6-13-14(11)2/h3-6H,1-2H3,(H,15,16). The number of carboxylic acid groups (broad SMARTS) is 1. The summed E-state index contributed by atoms with van der Waals surface area (Å²) in [6.45, 7) is 1.78. The summed E-state index contributed by atoms with van der Waals surface area (Å²) in [7, 11) is 1.81. The average molecular weight is 249 g/mol. The number of nitrogens with zero attached hydrogens (tertiary/aromatic N) is 3. The zero-order valence-electron chi connectivity index (χ0n) is 9.41. The summed E-state index contributed by atoms with van der Waals surface area (Å²) in [6, 6.07) is 5.22. The van der Waals surface area contributed by atoms with Crippen molar-refractivity contribution >= 4 is 17.7 Å². The summed E-state index contributed by atoms with van der Waals surface area (Å²) < 4.78 is 1.67. The Morgan fingerprint density at radius 1 is 1.47 bits per heavy atom. The molecule has 0 spiro atoms. The van der Waals surface area contributed by atoms with Gasteiger partial charge in [-0.25, -0.2) is 14.5 Å². The Morgan fingerprint density at radius 3 is 2.76 bits per heavy atom. The van der Waals surface area contributed by atoms with E-state index in [1.54, 1.807) is 23.7 Å². The third-order valence-electron chi connectivity index (χ3n) is 2.31. The Balaban J connectivity index is 2.27. The molecule has 5 nitrogen and oxygen atoms in total. The molecule has 1 aromatic heterocycles. The van der Waals surface area contributed by atoms with Crippen molar-refractivity contribution in [1.82, 2.24) is 14.8 Å². The van der Waals surface area contributed by atoms with E-state index < -0.39 is 5.97 Å². The van der Waals surface area contributed by atoms with E-state index in [4.69, 9.17) is 5.11 Å². The van der Waals surface area contributed by atoms with E-state index in [0.29, 0.717) is 5.56 Å². The van der Waals surface area contributed by atoms with Gasteiger partial charge in [-0.1, -0.05) is 11.8 Å². The molecule has 1 aromatic carbocycles. The van der Waals surface area contributed by atoms with Gasteiger partial charge in [-0.3, -0.25) is 0 Å². The van der Waals surface area contributed by atoms with E-state index >= 15 is 0 Å². The molecule has 6 heteroatoms. The monoisotopic (exact) mass is 249 g/mol. The van der Waals surface area contributed by atoms with E-state index in [0.717, 1.165) is 15.6 Å². The molecule has 2 aromatic rings. The lowest BCUT2D eigenvalue weighted by molar-refractivity contribution is 0.0696. The number of aromatic nitrogens is 3. The molecule has 2 rings (SSSR count). The molecule has 0 aliphatic rings. The minimum Gasteiger partial charge on any atom is -0.478 e. The molecular formula is C11H11N3O2S. The van der Waals surface area contributed by atoms with Gasteiger partial charge in [0, 0.05) is 11.9 Å². The molecule has 0 bridgehead atoms. The lowest BCUT2D eigenvalue weighted by atomic mass is 10.1. The van der Waals surface area contributed by atoms with E-state index in [-0.39, 0.29) is 0 Å². The predicted octanol–water partition coefficient (Wildman–Crippen LogP) is 1.97. The summed E-state index contributed by atoms with van der Waals surface area (Å²) in [4.78, 5) is 15.9. The second kappa shape index (κ2) is 4.58. The quantitative estimate of drug-likeness (QED) is 0.900. The second-order valence-corrected chi connectivity index (χ2v) is 4.59. The molecule has 1 N–H and O–H groups in total. The van der Waals surface area contributed by atoms with Gasteiger partial charge in [-0.05, 0) is 30.7 Å². The number of rotatable bonds is 3. The summed E-state index contributed by atoms with van der Waals surface area (Å²) in [6.07, 6.45) is 1.49. The van der Waals surface area contributed by atoms with Crippen LogP contribution in [0.1, 0.15) is 15.9 Å². The Bertz CT molecular complexity index is 566. The van der Waals surface area contributed by atoms with E-state index in [1.807, 2.05) is 13.1 Å². The minimum absolute atomic E-state index is 0.326. The normalized spacial score (nSPS) is 10.5. The highest BCUT2D eigenvalue weighted by molar-refractivity contribution is 7.99. The summed E-state index contributed by atoms with van der Waals surface area (Å²) >= 11 is 1.45. The van der Waals surface area contributed by atoms with E-state index in [1.165, 1.54) is 18.1 Å². The van der Waals surface area contributed by atoms with Crippen LogP contribution in [0.25, 0.3) is 0 Å². The lowest BCUT2D eigenvalue weighted by Gasteiger charge is -2.04. The number of aromatic carboxylic acids is 1. The average Bonchev–Trinajstić information content (AvgIpc) is 2.64. The zero-order valence-corrected chi connectivity index (χ0v) is 10.2. The number of carbonyl (C=O) groups is 1. The molecule has 0 radical (unpaired) electrons. The van der Waals surface area contributed by atoms with Crippen LogP contribution in [0.5, 0.6) is 0 Å². The van der Waals surface area contributed by atoms with Crippen LogP contribution in [0.3, 0.4) is 0 Å². The third kappa shape index (κ3) is 2.47. The molecule has 0 saturated heterocycles. The fourth-order valence-electron chi connectivity index (χ4n) is 1.42. The van der Waals surface area contributed by atoms with Gasteiger partial charge in [0.1, 0.15) is 6.33 Å². The smallest absolute Gasteiger partial charge is 0.335 e. The van der Waals surface area contributed by atoms with Crippen molar-refractivity contribution < 1.29 is 9.90 Å². The highest BCUT2D eigenvalue weighted by Gasteiger charge is 2.09. The van der Waals surface area contributed by atoms with Crippen molar-refractivity contribution in [2.75, 3.05) is 0 Å². The lowest BCUT2D eigenvalue weighted by Crippen LogP contribution is -1.99. The molecular weight excluding hydrogens is 238 g/mol. The molecule has 0 amide bonds. The fourth-order valence-corrected chi connectivity index (χ4v) is 2.28. The van der Waals surface area contributed by atoms with Crippen molar-refractivity contribution in [3.63, 3.8) is 0 Å². The predicted molar refractivity (Wildman–Crippen MR) is 63.3 cm³/mol. The summed E-state index contributed by atoms with van der Waals surface area (Å²) in [5.41, 5.74) is 1.07. The van der Waals surface area contributed by atoms with E-state index in [2.05, 4.69) is 10.1 Å². The first-order chi connectivity index (χ1) is 8.08. The third-order valence-corrected chi connectivity index (χ3v) is 3.35. The first-order valence-electron chi connectivity index (χ1n) is 4.93. The Morgan fingerprint density at radius 2 is 2.24 bits per heavy atom. The van der Waals surface area contributed by atoms with Gasteiger partial charge in [-0.2, -0.15) is 5.10 Å². The first kappa shape index (κ1) is 11.7. The van der Waals surface area contributed by atoms with Gasteiger partial charge in [-0.15, -0.1) is 0 Å². The Kier molecular flexibility index (Phi) is 3.14. The fraction of sp³-hybridized carbons (Fsp3) is 0.182. The van der Waals surface area contributed by atoms with Crippen LogP contribution >= 0.6 is 11.8 Å². The molecule has 0 fully saturated rings. The second-order valence-electron chi connectivity index (χ2n) is 3.55. The van der Waals surface area contributed by atoms with Crippen molar-refractivity contribution in [2.45, 2.75) is 17.0 Å². The number of carboxylic acids is 1. The molecule has 0 aliphatic carbocycles. The van der Waals surface area contributed by atoms with Gasteiger partial charge >= 0.3 is 5.97 Å². The molecule has 88 valence electrons. The van der Waals surface area contributed by atoms with Crippen molar-refractivity contribution in [3.8, 4) is 0 Å². The highest BCUT2D eigenvalue weighted by Crippen LogP contribution is 2.26. The van der Waals surface area contributed by atoms with Crippen LogP contribution in [-0.2, 0) is 7.05 Å². The maximum atomic E-state index is 10.9. The Labute approximate surface area is 102 Å². The van der Waals surface area contributed by atoms with Gasteiger partial charge in [0.25, 0.3) is 0 Å². The van der Waals surface area contributed by atoms with Crippen LogP contribution in [0.4, 0.5) is 0 Å². The van der Waals surface area contributed by atoms with Crippen LogP contribution in [0.2, 0.25) is 0 Å².